The molecule has 3 aromatic rings. The van der Waals surface area contributed by atoms with Gasteiger partial charge in [-0.15, -0.1) is 0 Å². The Morgan fingerprint density at radius 2 is 1.64 bits per heavy atom. The van der Waals surface area contributed by atoms with Crippen LogP contribution >= 0.6 is 0 Å². The summed E-state index contributed by atoms with van der Waals surface area (Å²) in [6.45, 7) is 1.69. The Balaban J connectivity index is 1.67. The summed E-state index contributed by atoms with van der Waals surface area (Å²) in [5, 5.41) is 6.74. The standard InChI is InChI=1S/C20H18N4O3S/c1-15(23-24-28(26,27)19-7-3-2-4-8-19)16-9-11-18(12-10-16)22-20(25)17-6-5-13-21-14-17/h2-14,24H,1H3,(H,22,25)/b23-15+. The molecule has 0 radical (unpaired) electrons. The lowest BCUT2D eigenvalue weighted by Gasteiger charge is -2.07. The number of nitrogens with one attached hydrogen (secondary N) is 2. The Kier molecular flexibility index (Phi) is 5.81. The minimum Gasteiger partial charge on any atom is -0.322 e. The van der Waals surface area contributed by atoms with E-state index in [1.165, 1.54) is 18.3 Å². The molecular weight excluding hydrogens is 376 g/mol. The quantitative estimate of drug-likeness (QED) is 0.496. The van der Waals surface area contributed by atoms with Gasteiger partial charge in [0, 0.05) is 18.1 Å². The first kappa shape index (κ1) is 19.2. The maximum absolute atomic E-state index is 12.2. The average Bonchev–Trinajstić information content (AvgIpc) is 2.74. The van der Waals surface area contributed by atoms with Gasteiger partial charge in [0.05, 0.1) is 16.2 Å². The van der Waals surface area contributed by atoms with Gasteiger partial charge in [-0.2, -0.15) is 18.4 Å². The Labute approximate surface area is 163 Å². The van der Waals surface area contributed by atoms with Crippen LogP contribution in [0.2, 0.25) is 0 Å². The number of hydrazone groups is 1. The summed E-state index contributed by atoms with van der Waals surface area (Å²) in [5.41, 5.74) is 2.27. The largest absolute Gasteiger partial charge is 0.322 e. The summed E-state index contributed by atoms with van der Waals surface area (Å²) in [7, 11) is -3.72. The number of anilines is 1. The van der Waals surface area contributed by atoms with E-state index in [1.54, 1.807) is 67.7 Å². The van der Waals surface area contributed by atoms with Gasteiger partial charge < -0.3 is 5.32 Å². The van der Waals surface area contributed by atoms with Crippen molar-refractivity contribution in [2.75, 3.05) is 5.32 Å². The maximum Gasteiger partial charge on any atom is 0.276 e. The number of amides is 1. The van der Waals surface area contributed by atoms with E-state index < -0.39 is 10.0 Å². The highest BCUT2D eigenvalue weighted by molar-refractivity contribution is 7.89. The summed E-state index contributed by atoms with van der Waals surface area (Å²) >= 11 is 0. The van der Waals surface area contributed by atoms with E-state index in [0.717, 1.165) is 5.56 Å². The summed E-state index contributed by atoms with van der Waals surface area (Å²) in [6, 6.07) is 18.3. The molecule has 7 nitrogen and oxygen atoms in total. The molecule has 1 aromatic heterocycles. The van der Waals surface area contributed by atoms with Gasteiger partial charge in [0.2, 0.25) is 0 Å². The zero-order valence-electron chi connectivity index (χ0n) is 15.0. The molecule has 1 heterocycles. The van der Waals surface area contributed by atoms with E-state index in [1.807, 2.05) is 0 Å². The second-order valence-electron chi connectivity index (χ2n) is 5.88. The average molecular weight is 394 g/mol. The first-order valence-electron chi connectivity index (χ1n) is 8.39. The molecule has 0 fully saturated rings. The van der Waals surface area contributed by atoms with Crippen LogP contribution in [0.4, 0.5) is 5.69 Å². The van der Waals surface area contributed by atoms with Gasteiger partial charge in [-0.05, 0) is 48.9 Å². The van der Waals surface area contributed by atoms with E-state index in [0.29, 0.717) is 17.0 Å². The second-order valence-corrected chi connectivity index (χ2v) is 7.54. The SMILES string of the molecule is C/C(=N\NS(=O)(=O)c1ccccc1)c1ccc(NC(=O)c2cccnc2)cc1. The Hall–Kier alpha value is -3.52. The van der Waals surface area contributed by atoms with Crippen LogP contribution in [0, 0.1) is 0 Å². The molecular formula is C20H18N4O3S. The molecule has 2 aromatic carbocycles. The van der Waals surface area contributed by atoms with Crippen LogP contribution in [0.5, 0.6) is 0 Å². The lowest BCUT2D eigenvalue weighted by molar-refractivity contribution is 0.102. The molecule has 0 unspecified atom stereocenters. The predicted octanol–water partition coefficient (Wildman–Crippen LogP) is 3.04. The summed E-state index contributed by atoms with van der Waals surface area (Å²) in [4.78, 5) is 18.4. The molecule has 0 bridgehead atoms. The molecule has 3 rings (SSSR count). The van der Waals surface area contributed by atoms with Gasteiger partial charge in [-0.1, -0.05) is 30.3 Å². The van der Waals surface area contributed by atoms with Crippen molar-refractivity contribution in [3.63, 3.8) is 0 Å². The van der Waals surface area contributed by atoms with E-state index in [9.17, 15) is 13.2 Å². The fourth-order valence-electron chi connectivity index (χ4n) is 2.34. The highest BCUT2D eigenvalue weighted by Gasteiger charge is 2.12. The summed E-state index contributed by atoms with van der Waals surface area (Å²) < 4.78 is 24.4. The predicted molar refractivity (Wildman–Crippen MR) is 108 cm³/mol. The van der Waals surface area contributed by atoms with Crippen LogP contribution in [0.3, 0.4) is 0 Å². The molecule has 0 saturated carbocycles. The number of pyridine rings is 1. The van der Waals surface area contributed by atoms with Crippen molar-refractivity contribution in [1.29, 1.82) is 0 Å². The third kappa shape index (κ3) is 4.80. The summed E-state index contributed by atoms with van der Waals surface area (Å²) in [6.07, 6.45) is 3.08. The van der Waals surface area contributed by atoms with Crippen molar-refractivity contribution < 1.29 is 13.2 Å². The van der Waals surface area contributed by atoms with Crippen LogP contribution in [0.1, 0.15) is 22.8 Å². The molecule has 28 heavy (non-hydrogen) atoms. The topological polar surface area (TPSA) is 101 Å². The normalized spacial score (nSPS) is 11.7. The fourth-order valence-corrected chi connectivity index (χ4v) is 3.22. The van der Waals surface area contributed by atoms with E-state index >= 15 is 0 Å². The first-order chi connectivity index (χ1) is 13.5. The molecule has 8 heteroatoms. The Morgan fingerprint density at radius 3 is 2.29 bits per heavy atom. The molecule has 0 aliphatic heterocycles. The van der Waals surface area contributed by atoms with Gasteiger partial charge in [0.15, 0.2) is 0 Å². The van der Waals surface area contributed by atoms with Crippen molar-refractivity contribution in [2.24, 2.45) is 5.10 Å². The monoisotopic (exact) mass is 394 g/mol. The van der Waals surface area contributed by atoms with Crippen LogP contribution in [0.15, 0.2) is 89.1 Å². The van der Waals surface area contributed by atoms with Crippen LogP contribution in [-0.2, 0) is 10.0 Å². The second kappa shape index (κ2) is 8.45. The van der Waals surface area contributed by atoms with E-state index in [2.05, 4.69) is 20.2 Å². The van der Waals surface area contributed by atoms with Crippen molar-refractivity contribution >= 4 is 27.3 Å². The Bertz CT molecular complexity index is 1080. The van der Waals surface area contributed by atoms with Gasteiger partial charge in [0.1, 0.15) is 0 Å². The van der Waals surface area contributed by atoms with E-state index in [4.69, 9.17) is 0 Å². The molecule has 0 atom stereocenters. The lowest BCUT2D eigenvalue weighted by Crippen LogP contribution is -2.19. The molecule has 0 aliphatic rings. The van der Waals surface area contributed by atoms with Crippen molar-refractivity contribution in [3.8, 4) is 0 Å². The number of aromatic nitrogens is 1. The third-order valence-corrected chi connectivity index (χ3v) is 5.10. The molecule has 142 valence electrons. The molecule has 0 saturated heterocycles. The minimum absolute atomic E-state index is 0.139. The number of carbonyl (C=O) groups is 1. The number of rotatable bonds is 6. The molecule has 2 N–H and O–H groups in total. The number of nitrogens with zero attached hydrogens (tertiary/aromatic N) is 2. The van der Waals surface area contributed by atoms with E-state index in [-0.39, 0.29) is 10.8 Å². The fraction of sp³-hybridized carbons (Fsp3) is 0.0500. The summed E-state index contributed by atoms with van der Waals surface area (Å²) in [5.74, 6) is -0.262. The molecule has 0 aliphatic carbocycles. The van der Waals surface area contributed by atoms with Crippen molar-refractivity contribution in [3.05, 3.63) is 90.3 Å². The van der Waals surface area contributed by atoms with Crippen LogP contribution < -0.4 is 10.1 Å². The zero-order valence-corrected chi connectivity index (χ0v) is 15.8. The van der Waals surface area contributed by atoms with Gasteiger partial charge in [-0.25, -0.2) is 0 Å². The highest BCUT2D eigenvalue weighted by Crippen LogP contribution is 2.13. The molecule has 0 spiro atoms. The molecule has 1 amide bonds. The van der Waals surface area contributed by atoms with Gasteiger partial charge >= 0.3 is 0 Å². The lowest BCUT2D eigenvalue weighted by atomic mass is 10.1. The number of carbonyl (C=O) groups excluding carboxylic acids is 1. The third-order valence-electron chi connectivity index (χ3n) is 3.87. The van der Waals surface area contributed by atoms with Crippen molar-refractivity contribution in [1.82, 2.24) is 9.82 Å². The maximum atomic E-state index is 12.2. The highest BCUT2D eigenvalue weighted by atomic mass is 32.2. The Morgan fingerprint density at radius 1 is 0.929 bits per heavy atom. The van der Waals surface area contributed by atoms with Crippen LogP contribution in [-0.4, -0.2) is 25.0 Å². The minimum atomic E-state index is -3.72. The smallest absolute Gasteiger partial charge is 0.276 e. The van der Waals surface area contributed by atoms with Crippen molar-refractivity contribution in [2.45, 2.75) is 11.8 Å². The number of sulfonamides is 1. The first-order valence-corrected chi connectivity index (χ1v) is 9.87. The van der Waals surface area contributed by atoms with Crippen LogP contribution in [0.25, 0.3) is 0 Å². The zero-order chi connectivity index (χ0) is 20.0. The van der Waals surface area contributed by atoms with Gasteiger partial charge in [-0.3, -0.25) is 9.78 Å². The van der Waals surface area contributed by atoms with Gasteiger partial charge in [0.25, 0.3) is 15.9 Å². The number of benzene rings is 2. The number of hydrogen-bond acceptors (Lipinski definition) is 5. The number of hydrogen-bond donors (Lipinski definition) is 2.